The fourth-order valence-corrected chi connectivity index (χ4v) is 8.94. The van der Waals surface area contributed by atoms with Crippen LogP contribution >= 0.6 is 0 Å². The Labute approximate surface area is 127 Å². The van der Waals surface area contributed by atoms with Crippen LogP contribution in [0, 0.1) is 0 Å². The van der Waals surface area contributed by atoms with E-state index in [2.05, 4.69) is 38.4 Å². The maximum atomic E-state index is 6.09. The normalized spacial score (nSPS) is 24.4. The van der Waals surface area contributed by atoms with Crippen molar-refractivity contribution >= 4 is 17.0 Å². The zero-order valence-corrected chi connectivity index (χ0v) is 16.0. The van der Waals surface area contributed by atoms with Gasteiger partial charge >= 0.3 is 8.56 Å². The number of rotatable bonds is 10. The Morgan fingerprint density at radius 1 is 1.10 bits per heavy atom. The molecular formula is C14H33NO3Si2. The van der Waals surface area contributed by atoms with Crippen LogP contribution in [0.1, 0.15) is 33.6 Å². The number of hydrogen-bond donors (Lipinski definition) is 0. The molecule has 6 heteroatoms. The van der Waals surface area contributed by atoms with E-state index >= 15 is 0 Å². The maximum Gasteiger partial charge on any atom is 0.334 e. The molecular weight excluding hydrogens is 286 g/mol. The van der Waals surface area contributed by atoms with E-state index in [-0.39, 0.29) is 0 Å². The summed E-state index contributed by atoms with van der Waals surface area (Å²) in [6.45, 7) is 15.5. The molecule has 1 saturated heterocycles. The molecule has 1 rings (SSSR count). The highest BCUT2D eigenvalue weighted by atomic mass is 28.4. The minimum absolute atomic E-state index is 0.762. The highest BCUT2D eigenvalue weighted by Gasteiger charge is 2.41. The van der Waals surface area contributed by atoms with Gasteiger partial charge in [0.15, 0.2) is 0 Å². The molecule has 1 atom stereocenters. The van der Waals surface area contributed by atoms with Gasteiger partial charge in [-0.1, -0.05) is 0 Å². The van der Waals surface area contributed by atoms with Crippen LogP contribution in [0.2, 0.25) is 25.2 Å². The summed E-state index contributed by atoms with van der Waals surface area (Å²) in [6.07, 6.45) is 2.47. The summed E-state index contributed by atoms with van der Waals surface area (Å²) >= 11 is 0. The fourth-order valence-electron chi connectivity index (χ4n) is 3.20. The first-order chi connectivity index (χ1) is 9.49. The minimum Gasteiger partial charge on any atom is -0.403 e. The lowest BCUT2D eigenvalue weighted by molar-refractivity contribution is 0.187. The van der Waals surface area contributed by atoms with Crippen molar-refractivity contribution in [3.63, 3.8) is 0 Å². The van der Waals surface area contributed by atoms with E-state index in [0.717, 1.165) is 32.4 Å². The Balaban J connectivity index is 2.42. The third kappa shape index (κ3) is 5.23. The van der Waals surface area contributed by atoms with Crippen molar-refractivity contribution in [2.75, 3.05) is 32.9 Å². The predicted molar refractivity (Wildman–Crippen MR) is 88.5 cm³/mol. The van der Waals surface area contributed by atoms with Gasteiger partial charge in [-0.25, -0.2) is 0 Å². The van der Waals surface area contributed by atoms with Crippen molar-refractivity contribution in [1.29, 1.82) is 0 Å². The molecule has 0 aromatic heterocycles. The van der Waals surface area contributed by atoms with Crippen LogP contribution in [0.15, 0.2) is 0 Å². The zero-order valence-electron chi connectivity index (χ0n) is 14.0. The van der Waals surface area contributed by atoms with Crippen LogP contribution < -0.4 is 0 Å². The Morgan fingerprint density at radius 2 is 1.75 bits per heavy atom. The Kier molecular flexibility index (Phi) is 7.93. The number of nitrogens with zero attached hydrogens (tertiary/aromatic N) is 1. The monoisotopic (exact) mass is 319 g/mol. The standard InChI is InChI=1S/C14H33NO3Si2/c1-6-16-19(4)13-9-11-15(19)12-10-14-20(5,17-7-2)18-8-3/h6-14H2,1-5H3. The SMILES string of the molecule is CCO[Si](C)(CCCN1CCC[Si]1(C)OCC)OCC. The molecule has 0 aliphatic carbocycles. The second-order valence-electron chi connectivity index (χ2n) is 5.80. The molecule has 0 aromatic rings. The Hall–Kier alpha value is 0.274. The minimum atomic E-state index is -1.94. The van der Waals surface area contributed by atoms with Gasteiger partial charge in [0.25, 0.3) is 8.48 Å². The van der Waals surface area contributed by atoms with Gasteiger partial charge in [0, 0.05) is 19.8 Å². The first-order valence-electron chi connectivity index (χ1n) is 8.16. The van der Waals surface area contributed by atoms with E-state index in [0.29, 0.717) is 0 Å². The van der Waals surface area contributed by atoms with Crippen molar-refractivity contribution in [2.24, 2.45) is 0 Å². The lowest BCUT2D eigenvalue weighted by Crippen LogP contribution is -2.50. The average molecular weight is 320 g/mol. The summed E-state index contributed by atoms with van der Waals surface area (Å²) < 4.78 is 20.5. The smallest absolute Gasteiger partial charge is 0.334 e. The highest BCUT2D eigenvalue weighted by molar-refractivity contribution is 6.70. The first kappa shape index (κ1) is 18.3. The molecule has 1 aliphatic heterocycles. The lowest BCUT2D eigenvalue weighted by Gasteiger charge is -2.33. The molecule has 0 aromatic carbocycles. The largest absolute Gasteiger partial charge is 0.403 e. The average Bonchev–Trinajstić information content (AvgIpc) is 2.72. The summed E-state index contributed by atoms with van der Waals surface area (Å²) in [5.74, 6) is 0. The van der Waals surface area contributed by atoms with Gasteiger partial charge in [0.2, 0.25) is 0 Å². The van der Waals surface area contributed by atoms with Crippen molar-refractivity contribution in [2.45, 2.75) is 58.8 Å². The third-order valence-corrected chi connectivity index (χ3v) is 11.2. The van der Waals surface area contributed by atoms with E-state index in [9.17, 15) is 0 Å². The molecule has 0 bridgehead atoms. The summed E-state index contributed by atoms with van der Waals surface area (Å²) in [4.78, 5) is 0. The van der Waals surface area contributed by atoms with Crippen LogP contribution in [0.5, 0.6) is 0 Å². The molecule has 1 heterocycles. The molecule has 120 valence electrons. The van der Waals surface area contributed by atoms with E-state index in [1.807, 2.05) is 0 Å². The molecule has 0 saturated carbocycles. The van der Waals surface area contributed by atoms with Gasteiger partial charge < -0.3 is 17.8 Å². The van der Waals surface area contributed by atoms with E-state index in [1.54, 1.807) is 0 Å². The molecule has 1 aliphatic rings. The maximum absolute atomic E-state index is 6.09. The van der Waals surface area contributed by atoms with Crippen molar-refractivity contribution < 1.29 is 13.3 Å². The molecule has 1 unspecified atom stereocenters. The van der Waals surface area contributed by atoms with Crippen molar-refractivity contribution in [1.82, 2.24) is 4.57 Å². The van der Waals surface area contributed by atoms with Crippen LogP contribution in [0.25, 0.3) is 0 Å². The van der Waals surface area contributed by atoms with Gasteiger partial charge in [-0.2, -0.15) is 0 Å². The quantitative estimate of drug-likeness (QED) is 0.578. The summed E-state index contributed by atoms with van der Waals surface area (Å²) in [5.41, 5.74) is 0. The van der Waals surface area contributed by atoms with Gasteiger partial charge in [-0.3, -0.25) is 0 Å². The summed E-state index contributed by atoms with van der Waals surface area (Å²) in [7, 11) is -3.52. The highest BCUT2D eigenvalue weighted by Crippen LogP contribution is 2.28. The molecule has 0 spiro atoms. The second kappa shape index (κ2) is 8.65. The molecule has 0 amide bonds. The van der Waals surface area contributed by atoms with E-state index < -0.39 is 17.0 Å². The van der Waals surface area contributed by atoms with E-state index in [4.69, 9.17) is 13.3 Å². The van der Waals surface area contributed by atoms with Crippen molar-refractivity contribution in [3.8, 4) is 0 Å². The van der Waals surface area contributed by atoms with Gasteiger partial charge in [-0.05, 0) is 71.9 Å². The molecule has 4 nitrogen and oxygen atoms in total. The van der Waals surface area contributed by atoms with Crippen LogP contribution in [-0.2, 0) is 13.3 Å². The van der Waals surface area contributed by atoms with Crippen molar-refractivity contribution in [3.05, 3.63) is 0 Å². The Bertz CT molecular complexity index is 275. The first-order valence-corrected chi connectivity index (χ1v) is 13.2. The topological polar surface area (TPSA) is 30.9 Å². The summed E-state index contributed by atoms with van der Waals surface area (Å²) in [6, 6.07) is 2.37. The van der Waals surface area contributed by atoms with Crippen LogP contribution in [0.4, 0.5) is 0 Å². The molecule has 20 heavy (non-hydrogen) atoms. The van der Waals surface area contributed by atoms with Crippen LogP contribution in [-0.4, -0.2) is 54.5 Å². The van der Waals surface area contributed by atoms with Gasteiger partial charge in [0.05, 0.1) is 0 Å². The predicted octanol–water partition coefficient (Wildman–Crippen LogP) is 3.34. The molecule has 1 fully saturated rings. The lowest BCUT2D eigenvalue weighted by atomic mass is 10.4. The second-order valence-corrected chi connectivity index (χ2v) is 12.9. The third-order valence-electron chi connectivity index (χ3n) is 4.15. The van der Waals surface area contributed by atoms with Gasteiger partial charge in [-0.15, -0.1) is 0 Å². The van der Waals surface area contributed by atoms with Crippen LogP contribution in [0.3, 0.4) is 0 Å². The fraction of sp³-hybridized carbons (Fsp3) is 1.00. The number of hydrogen-bond acceptors (Lipinski definition) is 4. The zero-order chi connectivity index (χ0) is 15.1. The summed E-state index contributed by atoms with van der Waals surface area (Å²) in [5, 5.41) is 0. The molecule has 0 radical (unpaired) electrons. The Morgan fingerprint density at radius 3 is 2.30 bits per heavy atom. The van der Waals surface area contributed by atoms with Gasteiger partial charge in [0.1, 0.15) is 0 Å². The molecule has 0 N–H and O–H groups in total. The van der Waals surface area contributed by atoms with E-state index in [1.165, 1.54) is 25.4 Å².